The molecule has 0 aliphatic carbocycles. The largest absolute Gasteiger partial charge is 0.497 e. The Hall–Kier alpha value is -4.09. The molecule has 0 saturated carbocycles. The van der Waals surface area contributed by atoms with Gasteiger partial charge >= 0.3 is 11.9 Å². The van der Waals surface area contributed by atoms with Gasteiger partial charge in [-0.3, -0.25) is 10.1 Å². The lowest BCUT2D eigenvalue weighted by atomic mass is 10.2. The van der Waals surface area contributed by atoms with E-state index >= 15 is 0 Å². The lowest BCUT2D eigenvalue weighted by Crippen LogP contribution is -2.07. The molecule has 9 nitrogen and oxygen atoms in total. The molecule has 0 atom stereocenters. The summed E-state index contributed by atoms with van der Waals surface area (Å²) >= 11 is 0. The van der Waals surface area contributed by atoms with E-state index in [0.29, 0.717) is 17.2 Å². The summed E-state index contributed by atoms with van der Waals surface area (Å²) in [4.78, 5) is 18.8. The average molecular weight is 435 g/mol. The normalized spacial score (nSPS) is 11.0. The SMILES string of the molecule is COc1ccc(Nc2ncnc(Nc3ccc(C(F)(F)F)cc3)c2[N+](=O)[O-])c(OC)c1. The van der Waals surface area contributed by atoms with Crippen molar-refractivity contribution in [3.05, 3.63) is 64.5 Å². The fourth-order valence-electron chi connectivity index (χ4n) is 2.64. The lowest BCUT2D eigenvalue weighted by molar-refractivity contribution is -0.383. The van der Waals surface area contributed by atoms with Crippen molar-refractivity contribution in [3.8, 4) is 11.5 Å². The number of alkyl halides is 3. The maximum Gasteiger partial charge on any atom is 0.416 e. The summed E-state index contributed by atoms with van der Waals surface area (Å²) in [6.45, 7) is 0. The van der Waals surface area contributed by atoms with E-state index in [0.717, 1.165) is 30.6 Å². The van der Waals surface area contributed by atoms with Crippen LogP contribution in [0.15, 0.2) is 48.8 Å². The van der Waals surface area contributed by atoms with E-state index in [1.807, 2.05) is 0 Å². The molecule has 2 N–H and O–H groups in total. The second-order valence-corrected chi connectivity index (χ2v) is 6.07. The fourth-order valence-corrected chi connectivity index (χ4v) is 2.64. The van der Waals surface area contributed by atoms with Gasteiger partial charge in [0.05, 0.1) is 30.4 Å². The van der Waals surface area contributed by atoms with Crippen LogP contribution in [-0.2, 0) is 6.18 Å². The summed E-state index contributed by atoms with van der Waals surface area (Å²) in [5, 5.41) is 17.2. The molecule has 0 bridgehead atoms. The Morgan fingerprint density at radius 3 is 2.16 bits per heavy atom. The highest BCUT2D eigenvalue weighted by Crippen LogP contribution is 2.37. The third-order valence-electron chi connectivity index (χ3n) is 4.14. The van der Waals surface area contributed by atoms with Gasteiger partial charge in [0.1, 0.15) is 17.8 Å². The number of nitrogens with zero attached hydrogens (tertiary/aromatic N) is 3. The van der Waals surface area contributed by atoms with E-state index in [4.69, 9.17) is 9.47 Å². The topological polar surface area (TPSA) is 111 Å². The molecule has 31 heavy (non-hydrogen) atoms. The summed E-state index contributed by atoms with van der Waals surface area (Å²) in [6, 6.07) is 8.80. The second kappa shape index (κ2) is 8.73. The van der Waals surface area contributed by atoms with Gasteiger partial charge in [-0.05, 0) is 36.4 Å². The quantitative estimate of drug-likeness (QED) is 0.398. The van der Waals surface area contributed by atoms with Crippen molar-refractivity contribution in [2.75, 3.05) is 24.9 Å². The predicted molar refractivity (Wildman–Crippen MR) is 106 cm³/mol. The molecule has 3 rings (SSSR count). The fraction of sp³-hybridized carbons (Fsp3) is 0.158. The highest BCUT2D eigenvalue weighted by molar-refractivity contribution is 5.78. The van der Waals surface area contributed by atoms with Gasteiger partial charge in [0, 0.05) is 11.8 Å². The Morgan fingerprint density at radius 1 is 0.968 bits per heavy atom. The van der Waals surface area contributed by atoms with Gasteiger partial charge < -0.3 is 20.1 Å². The molecule has 12 heteroatoms. The van der Waals surface area contributed by atoms with Crippen LogP contribution in [0.2, 0.25) is 0 Å². The van der Waals surface area contributed by atoms with Gasteiger partial charge in [-0.25, -0.2) is 9.97 Å². The van der Waals surface area contributed by atoms with Crippen LogP contribution in [0.3, 0.4) is 0 Å². The molecule has 0 fully saturated rings. The second-order valence-electron chi connectivity index (χ2n) is 6.07. The van der Waals surface area contributed by atoms with Crippen LogP contribution in [0.1, 0.15) is 5.56 Å². The van der Waals surface area contributed by atoms with Crippen molar-refractivity contribution in [2.45, 2.75) is 6.18 Å². The molecule has 1 aromatic heterocycles. The number of halogens is 3. The number of nitro groups is 1. The molecule has 0 amide bonds. The number of methoxy groups -OCH3 is 2. The molecule has 2 aromatic carbocycles. The first kappa shape index (κ1) is 21.6. The van der Waals surface area contributed by atoms with E-state index < -0.39 is 22.4 Å². The zero-order chi connectivity index (χ0) is 22.6. The van der Waals surface area contributed by atoms with Gasteiger partial charge in [0.25, 0.3) is 0 Å². The van der Waals surface area contributed by atoms with Crippen LogP contribution >= 0.6 is 0 Å². The highest BCUT2D eigenvalue weighted by Gasteiger charge is 2.30. The van der Waals surface area contributed by atoms with Crippen LogP contribution in [0.4, 0.5) is 41.9 Å². The monoisotopic (exact) mass is 435 g/mol. The van der Waals surface area contributed by atoms with Crippen molar-refractivity contribution < 1.29 is 27.6 Å². The smallest absolute Gasteiger partial charge is 0.416 e. The highest BCUT2D eigenvalue weighted by atomic mass is 19.4. The number of anilines is 4. The predicted octanol–water partition coefficient (Wildman–Crippen LogP) is 4.91. The minimum absolute atomic E-state index is 0.141. The third-order valence-corrected chi connectivity index (χ3v) is 4.14. The van der Waals surface area contributed by atoms with Gasteiger partial charge in [0.2, 0.25) is 11.6 Å². The molecule has 0 aliphatic rings. The number of hydrogen-bond acceptors (Lipinski definition) is 8. The number of aromatic nitrogens is 2. The Balaban J connectivity index is 1.94. The Bertz CT molecular complexity index is 1090. The molecule has 0 spiro atoms. The summed E-state index contributed by atoms with van der Waals surface area (Å²) in [7, 11) is 2.91. The van der Waals surface area contributed by atoms with Gasteiger partial charge in [-0.15, -0.1) is 0 Å². The Kier molecular flexibility index (Phi) is 6.09. The summed E-state index contributed by atoms with van der Waals surface area (Å²) in [5.41, 5.74) is -0.780. The van der Waals surface area contributed by atoms with Crippen LogP contribution in [0, 0.1) is 10.1 Å². The van der Waals surface area contributed by atoms with E-state index in [-0.39, 0.29) is 17.3 Å². The number of ether oxygens (including phenoxy) is 2. The van der Waals surface area contributed by atoms with E-state index in [9.17, 15) is 23.3 Å². The van der Waals surface area contributed by atoms with Crippen LogP contribution < -0.4 is 20.1 Å². The Morgan fingerprint density at radius 2 is 1.61 bits per heavy atom. The van der Waals surface area contributed by atoms with E-state index in [2.05, 4.69) is 20.6 Å². The first-order valence-electron chi connectivity index (χ1n) is 8.65. The zero-order valence-electron chi connectivity index (χ0n) is 16.2. The van der Waals surface area contributed by atoms with Crippen molar-refractivity contribution in [2.24, 2.45) is 0 Å². The first-order valence-corrected chi connectivity index (χ1v) is 8.65. The van der Waals surface area contributed by atoms with Crippen LogP contribution in [0.25, 0.3) is 0 Å². The van der Waals surface area contributed by atoms with Crippen molar-refractivity contribution >= 4 is 28.7 Å². The minimum Gasteiger partial charge on any atom is -0.497 e. The molecule has 0 saturated heterocycles. The number of rotatable bonds is 7. The molecule has 0 unspecified atom stereocenters. The molecule has 0 radical (unpaired) electrons. The maximum absolute atomic E-state index is 12.7. The molecule has 162 valence electrons. The van der Waals surface area contributed by atoms with Crippen molar-refractivity contribution in [1.29, 1.82) is 0 Å². The van der Waals surface area contributed by atoms with Crippen LogP contribution in [-0.4, -0.2) is 29.1 Å². The minimum atomic E-state index is -4.49. The Labute approximate surface area is 174 Å². The lowest BCUT2D eigenvalue weighted by Gasteiger charge is -2.13. The van der Waals surface area contributed by atoms with E-state index in [1.165, 1.54) is 14.2 Å². The van der Waals surface area contributed by atoms with E-state index in [1.54, 1.807) is 18.2 Å². The maximum atomic E-state index is 12.7. The van der Waals surface area contributed by atoms with Gasteiger partial charge in [0.15, 0.2) is 0 Å². The van der Waals surface area contributed by atoms with Crippen molar-refractivity contribution in [1.82, 2.24) is 9.97 Å². The van der Waals surface area contributed by atoms with Crippen molar-refractivity contribution in [3.63, 3.8) is 0 Å². The molecular weight excluding hydrogens is 419 g/mol. The van der Waals surface area contributed by atoms with Gasteiger partial charge in [-0.1, -0.05) is 0 Å². The first-order chi connectivity index (χ1) is 14.7. The number of benzene rings is 2. The summed E-state index contributed by atoms with van der Waals surface area (Å²) in [6.07, 6.45) is -3.41. The van der Waals surface area contributed by atoms with Gasteiger partial charge in [-0.2, -0.15) is 13.2 Å². The third kappa shape index (κ3) is 4.91. The summed E-state index contributed by atoms with van der Waals surface area (Å²) in [5.74, 6) is 0.529. The molecular formula is C19H16F3N5O4. The number of hydrogen-bond donors (Lipinski definition) is 2. The van der Waals surface area contributed by atoms with Crippen LogP contribution in [0.5, 0.6) is 11.5 Å². The molecule has 1 heterocycles. The molecule has 3 aromatic rings. The average Bonchev–Trinajstić information content (AvgIpc) is 2.73. The molecule has 0 aliphatic heterocycles. The zero-order valence-corrected chi connectivity index (χ0v) is 16.2. The standard InChI is InChI=1S/C19H16F3N5O4/c1-30-13-7-8-14(15(9-13)31-2)26-18-16(27(28)29)17(23-10-24-18)25-12-5-3-11(4-6-12)19(20,21)22/h3-10H,1-2H3,(H2,23,24,25,26). The number of nitrogens with one attached hydrogen (secondary N) is 2. The summed E-state index contributed by atoms with van der Waals surface area (Å²) < 4.78 is 48.6.